The average Bonchev–Trinajstić information content (AvgIpc) is 2.24. The minimum atomic E-state index is 0.397. The summed E-state index contributed by atoms with van der Waals surface area (Å²) < 4.78 is 11.1. The van der Waals surface area contributed by atoms with Gasteiger partial charge in [0.05, 0.1) is 18.8 Å². The van der Waals surface area contributed by atoms with Gasteiger partial charge in [0.1, 0.15) is 0 Å². The molecular weight excluding hydrogens is 190 g/mol. The van der Waals surface area contributed by atoms with Crippen molar-refractivity contribution in [2.75, 3.05) is 32.8 Å². The predicted molar refractivity (Wildman–Crippen MR) is 62.2 cm³/mol. The van der Waals surface area contributed by atoms with E-state index in [9.17, 15) is 0 Å². The van der Waals surface area contributed by atoms with Crippen LogP contribution in [0, 0.1) is 0 Å². The molecule has 1 fully saturated rings. The summed E-state index contributed by atoms with van der Waals surface area (Å²) >= 11 is 0. The molecule has 0 bridgehead atoms. The molecular formula is C12H25NO2. The zero-order chi connectivity index (χ0) is 11.1. The molecule has 0 unspecified atom stereocenters. The fourth-order valence-corrected chi connectivity index (χ4v) is 1.78. The zero-order valence-corrected chi connectivity index (χ0v) is 10.4. The van der Waals surface area contributed by atoms with Gasteiger partial charge in [0.15, 0.2) is 0 Å². The predicted octanol–water partition coefficient (Wildman–Crippen LogP) is 1.91. The van der Waals surface area contributed by atoms with Crippen molar-refractivity contribution in [3.63, 3.8) is 0 Å². The normalized spacial score (nSPS) is 25.4. The molecule has 0 amide bonds. The molecule has 2 atom stereocenters. The van der Waals surface area contributed by atoms with Gasteiger partial charge in [-0.1, -0.05) is 6.92 Å². The Balaban J connectivity index is 1.99. The molecule has 90 valence electrons. The molecule has 0 aromatic heterocycles. The number of rotatable bonds is 6. The number of morpholine rings is 1. The molecule has 1 rings (SSSR count). The maximum Gasteiger partial charge on any atom is 0.0674 e. The van der Waals surface area contributed by atoms with E-state index in [1.807, 2.05) is 0 Å². The third-order valence-electron chi connectivity index (χ3n) is 2.92. The van der Waals surface area contributed by atoms with Crippen LogP contribution in [0.4, 0.5) is 0 Å². The minimum Gasteiger partial charge on any atom is -0.378 e. The third kappa shape index (κ3) is 5.50. The molecule has 3 heteroatoms. The molecule has 0 aromatic carbocycles. The van der Waals surface area contributed by atoms with Crippen molar-refractivity contribution >= 4 is 0 Å². The number of hydrogen-bond acceptors (Lipinski definition) is 3. The van der Waals surface area contributed by atoms with Gasteiger partial charge in [0.2, 0.25) is 0 Å². The molecule has 1 saturated heterocycles. The van der Waals surface area contributed by atoms with Gasteiger partial charge in [-0.25, -0.2) is 0 Å². The molecule has 1 aliphatic heterocycles. The Bertz CT molecular complexity index is 164. The standard InChI is InChI=1S/C12H25NO2/c1-4-11(2)14-8-5-6-13-7-9-15-12(3)10-13/h11-12H,4-10H2,1-3H3/t11-,12-/m1/s1. The van der Waals surface area contributed by atoms with Crippen molar-refractivity contribution in [3.8, 4) is 0 Å². The second-order valence-electron chi connectivity index (χ2n) is 4.43. The average molecular weight is 215 g/mol. The first kappa shape index (κ1) is 12.9. The number of ether oxygens (including phenoxy) is 2. The monoisotopic (exact) mass is 215 g/mol. The maximum absolute atomic E-state index is 5.65. The second-order valence-corrected chi connectivity index (χ2v) is 4.43. The van der Waals surface area contributed by atoms with Crippen LogP contribution in [-0.4, -0.2) is 50.0 Å². The summed E-state index contributed by atoms with van der Waals surface area (Å²) in [4.78, 5) is 2.47. The second kappa shape index (κ2) is 7.20. The van der Waals surface area contributed by atoms with E-state index in [0.29, 0.717) is 12.2 Å². The fraction of sp³-hybridized carbons (Fsp3) is 1.00. The highest BCUT2D eigenvalue weighted by atomic mass is 16.5. The van der Waals surface area contributed by atoms with E-state index in [4.69, 9.17) is 9.47 Å². The molecule has 0 aliphatic carbocycles. The minimum absolute atomic E-state index is 0.397. The molecule has 1 aliphatic rings. The topological polar surface area (TPSA) is 21.7 Å². The summed E-state index contributed by atoms with van der Waals surface area (Å²) in [6.45, 7) is 11.5. The molecule has 3 nitrogen and oxygen atoms in total. The van der Waals surface area contributed by atoms with Crippen LogP contribution in [0.2, 0.25) is 0 Å². The lowest BCUT2D eigenvalue weighted by molar-refractivity contribution is -0.0227. The zero-order valence-electron chi connectivity index (χ0n) is 10.4. The fourth-order valence-electron chi connectivity index (χ4n) is 1.78. The van der Waals surface area contributed by atoms with Gasteiger partial charge >= 0.3 is 0 Å². The van der Waals surface area contributed by atoms with Crippen molar-refractivity contribution in [1.29, 1.82) is 0 Å². The van der Waals surface area contributed by atoms with Crippen LogP contribution in [0.25, 0.3) is 0 Å². The van der Waals surface area contributed by atoms with Gasteiger partial charge in [-0.3, -0.25) is 4.90 Å². The van der Waals surface area contributed by atoms with Crippen LogP contribution in [-0.2, 0) is 9.47 Å². The SMILES string of the molecule is CC[C@@H](C)OCCCN1CCO[C@H](C)C1. The van der Waals surface area contributed by atoms with E-state index in [1.54, 1.807) is 0 Å². The van der Waals surface area contributed by atoms with E-state index in [0.717, 1.165) is 45.7 Å². The van der Waals surface area contributed by atoms with Gasteiger partial charge in [-0.05, 0) is 26.7 Å². The highest BCUT2D eigenvalue weighted by molar-refractivity contribution is 4.67. The number of nitrogens with zero attached hydrogens (tertiary/aromatic N) is 1. The number of hydrogen-bond donors (Lipinski definition) is 0. The Kier molecular flexibility index (Phi) is 6.22. The first-order chi connectivity index (χ1) is 7.22. The van der Waals surface area contributed by atoms with Crippen molar-refractivity contribution in [2.45, 2.75) is 45.8 Å². The van der Waals surface area contributed by atoms with E-state index in [-0.39, 0.29) is 0 Å². The van der Waals surface area contributed by atoms with E-state index >= 15 is 0 Å². The van der Waals surface area contributed by atoms with Crippen molar-refractivity contribution in [1.82, 2.24) is 4.90 Å². The molecule has 0 spiro atoms. The van der Waals surface area contributed by atoms with Gasteiger partial charge in [-0.2, -0.15) is 0 Å². The Hall–Kier alpha value is -0.120. The summed E-state index contributed by atoms with van der Waals surface area (Å²) in [5.74, 6) is 0. The third-order valence-corrected chi connectivity index (χ3v) is 2.92. The van der Waals surface area contributed by atoms with Crippen molar-refractivity contribution < 1.29 is 9.47 Å². The van der Waals surface area contributed by atoms with Crippen LogP contribution in [0.15, 0.2) is 0 Å². The summed E-state index contributed by atoms with van der Waals surface area (Å²) in [6.07, 6.45) is 3.05. The van der Waals surface area contributed by atoms with Crippen molar-refractivity contribution in [2.24, 2.45) is 0 Å². The molecule has 0 radical (unpaired) electrons. The highest BCUT2D eigenvalue weighted by Gasteiger charge is 2.15. The lowest BCUT2D eigenvalue weighted by atomic mass is 10.3. The lowest BCUT2D eigenvalue weighted by Gasteiger charge is -2.31. The summed E-state index contributed by atoms with van der Waals surface area (Å²) in [5, 5.41) is 0. The van der Waals surface area contributed by atoms with E-state index < -0.39 is 0 Å². The molecule has 1 heterocycles. The van der Waals surface area contributed by atoms with Crippen LogP contribution < -0.4 is 0 Å². The Morgan fingerprint density at radius 1 is 1.53 bits per heavy atom. The first-order valence-corrected chi connectivity index (χ1v) is 6.18. The largest absolute Gasteiger partial charge is 0.378 e. The van der Waals surface area contributed by atoms with Gasteiger partial charge in [0.25, 0.3) is 0 Å². The Morgan fingerprint density at radius 2 is 2.33 bits per heavy atom. The summed E-state index contributed by atoms with van der Waals surface area (Å²) in [7, 11) is 0. The molecule has 15 heavy (non-hydrogen) atoms. The van der Waals surface area contributed by atoms with Gasteiger partial charge in [-0.15, -0.1) is 0 Å². The van der Waals surface area contributed by atoms with Gasteiger partial charge in [0, 0.05) is 26.2 Å². The van der Waals surface area contributed by atoms with E-state index in [2.05, 4.69) is 25.7 Å². The molecule has 0 saturated carbocycles. The van der Waals surface area contributed by atoms with Crippen molar-refractivity contribution in [3.05, 3.63) is 0 Å². The van der Waals surface area contributed by atoms with Crippen LogP contribution in [0.5, 0.6) is 0 Å². The summed E-state index contributed by atoms with van der Waals surface area (Å²) in [5.41, 5.74) is 0. The Morgan fingerprint density at radius 3 is 3.00 bits per heavy atom. The van der Waals surface area contributed by atoms with Gasteiger partial charge < -0.3 is 9.47 Å². The highest BCUT2D eigenvalue weighted by Crippen LogP contribution is 2.05. The quantitative estimate of drug-likeness (QED) is 0.632. The molecule has 0 N–H and O–H groups in total. The Labute approximate surface area is 93.7 Å². The maximum atomic E-state index is 5.65. The molecule has 0 aromatic rings. The lowest BCUT2D eigenvalue weighted by Crippen LogP contribution is -2.41. The van der Waals surface area contributed by atoms with E-state index in [1.165, 1.54) is 0 Å². The van der Waals surface area contributed by atoms with Crippen LogP contribution in [0.1, 0.15) is 33.6 Å². The summed E-state index contributed by atoms with van der Waals surface area (Å²) in [6, 6.07) is 0. The smallest absolute Gasteiger partial charge is 0.0674 e. The van der Waals surface area contributed by atoms with Crippen LogP contribution in [0.3, 0.4) is 0 Å². The first-order valence-electron chi connectivity index (χ1n) is 6.18. The van der Waals surface area contributed by atoms with Crippen LogP contribution >= 0.6 is 0 Å².